The Morgan fingerprint density at radius 1 is 1.23 bits per heavy atom. The number of aliphatic hydroxyl groups is 1. The zero-order valence-corrected chi connectivity index (χ0v) is 13.1. The second-order valence-corrected chi connectivity index (χ2v) is 6.40. The van der Waals surface area contributed by atoms with E-state index in [1.165, 1.54) is 18.2 Å². The van der Waals surface area contributed by atoms with Crippen molar-refractivity contribution in [2.24, 2.45) is 0 Å². The van der Waals surface area contributed by atoms with Gasteiger partial charge in [0.15, 0.2) is 0 Å². The quantitative estimate of drug-likeness (QED) is 0.905. The van der Waals surface area contributed by atoms with Crippen LogP contribution in [0.2, 0.25) is 5.02 Å². The molecule has 2 atom stereocenters. The number of aliphatic hydroxyl groups excluding tert-OH is 1. The highest BCUT2D eigenvalue weighted by Crippen LogP contribution is 2.26. The van der Waals surface area contributed by atoms with Crippen LogP contribution < -0.4 is 0 Å². The number of rotatable bonds is 2. The molecule has 2 aliphatic rings. The molecule has 1 aliphatic carbocycles. The summed E-state index contributed by atoms with van der Waals surface area (Å²) < 4.78 is 13.9. The van der Waals surface area contributed by atoms with Gasteiger partial charge in [0, 0.05) is 32.2 Å². The molecular weight excluding hydrogens is 307 g/mol. The van der Waals surface area contributed by atoms with Crippen molar-refractivity contribution in [3.05, 3.63) is 34.6 Å². The average molecular weight is 327 g/mol. The number of halogens is 2. The van der Waals surface area contributed by atoms with Gasteiger partial charge in [-0.1, -0.05) is 17.7 Å². The summed E-state index contributed by atoms with van der Waals surface area (Å²) in [5, 5.41) is 10.1. The molecule has 1 saturated heterocycles. The van der Waals surface area contributed by atoms with Crippen molar-refractivity contribution >= 4 is 17.5 Å². The summed E-state index contributed by atoms with van der Waals surface area (Å²) in [5.41, 5.74) is -0.0430. The lowest BCUT2D eigenvalue weighted by atomic mass is 10.1. The van der Waals surface area contributed by atoms with Crippen molar-refractivity contribution in [1.29, 1.82) is 0 Å². The van der Waals surface area contributed by atoms with E-state index in [2.05, 4.69) is 4.90 Å². The molecule has 0 unspecified atom stereocenters. The molecule has 22 heavy (non-hydrogen) atoms. The van der Waals surface area contributed by atoms with E-state index in [1.807, 2.05) is 0 Å². The van der Waals surface area contributed by atoms with Crippen molar-refractivity contribution < 1.29 is 14.3 Å². The highest BCUT2D eigenvalue weighted by molar-refractivity contribution is 6.33. The second-order valence-electron chi connectivity index (χ2n) is 5.99. The van der Waals surface area contributed by atoms with Crippen LogP contribution >= 0.6 is 11.6 Å². The first kappa shape index (κ1) is 15.7. The molecule has 1 aromatic carbocycles. The van der Waals surface area contributed by atoms with Gasteiger partial charge < -0.3 is 10.0 Å². The van der Waals surface area contributed by atoms with Gasteiger partial charge in [-0.2, -0.15) is 0 Å². The van der Waals surface area contributed by atoms with Gasteiger partial charge in [0.2, 0.25) is 0 Å². The Balaban J connectivity index is 1.65. The van der Waals surface area contributed by atoms with Crippen LogP contribution in [0.3, 0.4) is 0 Å². The normalized spacial score (nSPS) is 26.4. The van der Waals surface area contributed by atoms with Gasteiger partial charge in [0.25, 0.3) is 5.91 Å². The molecular formula is C16H20ClFN2O2. The summed E-state index contributed by atoms with van der Waals surface area (Å²) >= 11 is 5.96. The smallest absolute Gasteiger partial charge is 0.258 e. The molecule has 1 N–H and O–H groups in total. The van der Waals surface area contributed by atoms with E-state index in [9.17, 15) is 14.3 Å². The third-order valence-electron chi connectivity index (χ3n) is 4.69. The number of nitrogens with zero attached hydrogens (tertiary/aromatic N) is 2. The Kier molecular flexibility index (Phi) is 4.66. The van der Waals surface area contributed by atoms with Gasteiger partial charge in [0.1, 0.15) is 5.82 Å². The minimum atomic E-state index is -0.578. The van der Waals surface area contributed by atoms with Crippen molar-refractivity contribution in [1.82, 2.24) is 9.80 Å². The predicted molar refractivity (Wildman–Crippen MR) is 82.5 cm³/mol. The van der Waals surface area contributed by atoms with E-state index >= 15 is 0 Å². The number of hydrogen-bond acceptors (Lipinski definition) is 3. The molecule has 0 bridgehead atoms. The monoisotopic (exact) mass is 326 g/mol. The molecule has 1 heterocycles. The first-order chi connectivity index (χ1) is 10.6. The third-order valence-corrected chi connectivity index (χ3v) is 5.01. The van der Waals surface area contributed by atoms with Crippen LogP contribution in [0.4, 0.5) is 4.39 Å². The summed E-state index contributed by atoms with van der Waals surface area (Å²) in [6.45, 7) is 2.48. The summed E-state index contributed by atoms with van der Waals surface area (Å²) in [6.07, 6.45) is 2.65. The van der Waals surface area contributed by atoms with Crippen molar-refractivity contribution in [3.63, 3.8) is 0 Å². The Labute approximate surface area is 134 Å². The van der Waals surface area contributed by atoms with Crippen LogP contribution in [0.1, 0.15) is 29.6 Å². The van der Waals surface area contributed by atoms with Crippen molar-refractivity contribution in [2.45, 2.75) is 31.4 Å². The van der Waals surface area contributed by atoms with E-state index in [4.69, 9.17) is 11.6 Å². The highest BCUT2D eigenvalue weighted by atomic mass is 35.5. The molecule has 1 aliphatic heterocycles. The molecule has 3 rings (SSSR count). The minimum absolute atomic E-state index is 0.0430. The van der Waals surface area contributed by atoms with Crippen LogP contribution in [0.5, 0.6) is 0 Å². The van der Waals surface area contributed by atoms with Crippen molar-refractivity contribution in [2.75, 3.05) is 26.2 Å². The lowest BCUT2D eigenvalue weighted by molar-refractivity contribution is 0.0314. The number of carbonyl (C=O) groups excluding carboxylic acids is 1. The average Bonchev–Trinajstić information content (AvgIpc) is 2.93. The zero-order valence-electron chi connectivity index (χ0n) is 12.3. The Morgan fingerprint density at radius 3 is 2.55 bits per heavy atom. The maximum Gasteiger partial charge on any atom is 0.258 e. The van der Waals surface area contributed by atoms with E-state index in [0.717, 1.165) is 19.3 Å². The standard InChI is InChI=1S/C16H20ClFN2O2/c17-11-3-1-4-12(18)15(11)16(22)20-9-7-19(8-10-20)13-5-2-6-14(13)21/h1,3-4,13-14,21H,2,5-10H2/t13-,14+/m1/s1. The minimum Gasteiger partial charge on any atom is -0.391 e. The Hall–Kier alpha value is -1.17. The molecule has 0 aromatic heterocycles. The number of hydrogen-bond donors (Lipinski definition) is 1. The molecule has 0 radical (unpaired) electrons. The third kappa shape index (κ3) is 2.98. The molecule has 4 nitrogen and oxygen atoms in total. The van der Waals surface area contributed by atoms with E-state index in [1.54, 1.807) is 4.90 Å². The topological polar surface area (TPSA) is 43.8 Å². The van der Waals surface area contributed by atoms with E-state index in [0.29, 0.717) is 26.2 Å². The molecule has 1 saturated carbocycles. The lowest BCUT2D eigenvalue weighted by Crippen LogP contribution is -2.53. The number of benzene rings is 1. The summed E-state index contributed by atoms with van der Waals surface area (Å²) in [5.74, 6) is -0.930. The van der Waals surface area contributed by atoms with Gasteiger partial charge in [-0.05, 0) is 31.4 Å². The molecule has 1 aromatic rings. The van der Waals surface area contributed by atoms with Crippen LogP contribution in [-0.2, 0) is 0 Å². The number of amides is 1. The van der Waals surface area contributed by atoms with Gasteiger partial charge in [-0.25, -0.2) is 4.39 Å². The fraction of sp³-hybridized carbons (Fsp3) is 0.562. The van der Waals surface area contributed by atoms with E-state index in [-0.39, 0.29) is 28.6 Å². The lowest BCUT2D eigenvalue weighted by Gasteiger charge is -2.39. The first-order valence-electron chi connectivity index (χ1n) is 7.73. The molecule has 120 valence electrons. The molecule has 2 fully saturated rings. The van der Waals surface area contributed by atoms with Crippen LogP contribution in [0.25, 0.3) is 0 Å². The maximum atomic E-state index is 13.9. The van der Waals surface area contributed by atoms with E-state index < -0.39 is 5.82 Å². The predicted octanol–water partition coefficient (Wildman–Crippen LogP) is 2.15. The van der Waals surface area contributed by atoms with Gasteiger partial charge in [-0.15, -0.1) is 0 Å². The Morgan fingerprint density at radius 2 is 1.95 bits per heavy atom. The largest absolute Gasteiger partial charge is 0.391 e. The summed E-state index contributed by atoms with van der Waals surface area (Å²) in [7, 11) is 0. The maximum absolute atomic E-state index is 13.9. The Bertz CT molecular complexity index is 541. The molecule has 0 spiro atoms. The zero-order chi connectivity index (χ0) is 15.7. The highest BCUT2D eigenvalue weighted by Gasteiger charge is 2.34. The van der Waals surface area contributed by atoms with Crippen LogP contribution in [-0.4, -0.2) is 59.1 Å². The molecule has 6 heteroatoms. The number of piperazine rings is 1. The number of carbonyl (C=O) groups is 1. The SMILES string of the molecule is O=C(c1c(F)cccc1Cl)N1CCN([C@@H]2CCC[C@@H]2O)CC1. The van der Waals surface area contributed by atoms with Crippen LogP contribution in [0, 0.1) is 5.82 Å². The van der Waals surface area contributed by atoms with Gasteiger partial charge in [0.05, 0.1) is 16.7 Å². The fourth-order valence-electron chi connectivity index (χ4n) is 3.46. The summed E-state index contributed by atoms with van der Waals surface area (Å²) in [4.78, 5) is 16.3. The van der Waals surface area contributed by atoms with Crippen molar-refractivity contribution in [3.8, 4) is 0 Å². The molecule has 1 amide bonds. The first-order valence-corrected chi connectivity index (χ1v) is 8.11. The van der Waals surface area contributed by atoms with Crippen LogP contribution in [0.15, 0.2) is 18.2 Å². The fourth-order valence-corrected chi connectivity index (χ4v) is 3.71. The van der Waals surface area contributed by atoms with Gasteiger partial charge >= 0.3 is 0 Å². The summed E-state index contributed by atoms with van der Waals surface area (Å²) in [6, 6.07) is 4.48. The second kappa shape index (κ2) is 6.52. The van der Waals surface area contributed by atoms with Gasteiger partial charge in [-0.3, -0.25) is 9.69 Å².